The predicted octanol–water partition coefficient (Wildman–Crippen LogP) is 3.56. The Morgan fingerprint density at radius 2 is 1.94 bits per heavy atom. The molecule has 5 rings (SSSR count). The molecule has 2 aliphatic heterocycles. The summed E-state index contributed by atoms with van der Waals surface area (Å²) in [5.41, 5.74) is 3.37. The lowest BCUT2D eigenvalue weighted by Crippen LogP contribution is -2.39. The molecule has 35 heavy (non-hydrogen) atoms. The first-order valence-corrected chi connectivity index (χ1v) is 13.2. The van der Waals surface area contributed by atoms with Crippen molar-refractivity contribution in [2.24, 2.45) is 4.99 Å². The molecule has 2 aromatic carbocycles. The highest BCUT2D eigenvalue weighted by Crippen LogP contribution is 2.35. The number of carbonyl (C=O) groups excluding carboxylic acids is 1. The van der Waals surface area contributed by atoms with Crippen LogP contribution in [0.25, 0.3) is 6.08 Å². The van der Waals surface area contributed by atoms with E-state index in [4.69, 9.17) is 14.2 Å². The molecule has 0 fully saturated rings. The summed E-state index contributed by atoms with van der Waals surface area (Å²) in [6.45, 7) is 5.94. The molecule has 3 heterocycles. The van der Waals surface area contributed by atoms with Gasteiger partial charge in [0.1, 0.15) is 0 Å². The molecule has 2 aliphatic rings. The zero-order valence-electron chi connectivity index (χ0n) is 19.8. The summed E-state index contributed by atoms with van der Waals surface area (Å²) in [6.07, 6.45) is 3.85. The van der Waals surface area contributed by atoms with Gasteiger partial charge in [-0.3, -0.25) is 9.36 Å². The zero-order chi connectivity index (χ0) is 24.7. The van der Waals surface area contributed by atoms with Gasteiger partial charge in [0, 0.05) is 4.90 Å². The van der Waals surface area contributed by atoms with Crippen LogP contribution in [0.3, 0.4) is 0 Å². The van der Waals surface area contributed by atoms with Crippen molar-refractivity contribution in [1.29, 1.82) is 0 Å². The summed E-state index contributed by atoms with van der Waals surface area (Å²) in [7, 11) is 0. The molecule has 1 atom stereocenters. The molecule has 0 radical (unpaired) electrons. The van der Waals surface area contributed by atoms with Crippen molar-refractivity contribution < 1.29 is 19.0 Å². The highest BCUT2D eigenvalue weighted by molar-refractivity contribution is 7.98. The van der Waals surface area contributed by atoms with Gasteiger partial charge in [-0.05, 0) is 74.1 Å². The van der Waals surface area contributed by atoms with Gasteiger partial charge in [0.2, 0.25) is 6.79 Å². The fourth-order valence-corrected chi connectivity index (χ4v) is 5.69. The number of thiazole rings is 1. The number of aryl methyl sites for hydroxylation is 1. The van der Waals surface area contributed by atoms with Crippen LogP contribution in [0.4, 0.5) is 0 Å². The average Bonchev–Trinajstić information content (AvgIpc) is 3.42. The Morgan fingerprint density at radius 3 is 2.63 bits per heavy atom. The van der Waals surface area contributed by atoms with Crippen molar-refractivity contribution in [2.45, 2.75) is 31.7 Å². The molecule has 0 spiro atoms. The minimum absolute atomic E-state index is 0.186. The minimum atomic E-state index is -0.624. The molecule has 0 saturated heterocycles. The zero-order valence-corrected chi connectivity index (χ0v) is 21.4. The van der Waals surface area contributed by atoms with Gasteiger partial charge in [0.25, 0.3) is 5.56 Å². The molecule has 9 heteroatoms. The first-order chi connectivity index (χ1) is 16.9. The van der Waals surface area contributed by atoms with Crippen molar-refractivity contribution in [2.75, 3.05) is 19.7 Å². The van der Waals surface area contributed by atoms with Crippen LogP contribution in [0, 0.1) is 6.92 Å². The van der Waals surface area contributed by atoms with Crippen molar-refractivity contribution in [1.82, 2.24) is 4.57 Å². The third-order valence-corrected chi connectivity index (χ3v) is 7.72. The molecule has 0 saturated carbocycles. The van der Waals surface area contributed by atoms with Gasteiger partial charge in [-0.25, -0.2) is 9.79 Å². The minimum Gasteiger partial charge on any atom is -0.463 e. The maximum absolute atomic E-state index is 13.7. The number of thioether (sulfide) groups is 1. The topological polar surface area (TPSA) is 79.1 Å². The lowest BCUT2D eigenvalue weighted by Gasteiger charge is -2.24. The Bertz CT molecular complexity index is 1530. The highest BCUT2D eigenvalue weighted by Gasteiger charge is 2.33. The molecule has 7 nitrogen and oxygen atoms in total. The summed E-state index contributed by atoms with van der Waals surface area (Å²) >= 11 is 2.93. The summed E-state index contributed by atoms with van der Waals surface area (Å²) in [5, 5.41) is 0. The summed E-state index contributed by atoms with van der Waals surface area (Å²) < 4.78 is 18.5. The van der Waals surface area contributed by atoms with E-state index in [2.05, 4.69) is 4.99 Å². The molecule has 0 N–H and O–H groups in total. The van der Waals surface area contributed by atoms with E-state index in [0.717, 1.165) is 21.6 Å². The molecule has 180 valence electrons. The number of benzene rings is 2. The number of ether oxygens (including phenoxy) is 3. The van der Waals surface area contributed by atoms with E-state index in [1.165, 1.54) is 11.3 Å². The molecule has 0 amide bonds. The van der Waals surface area contributed by atoms with Crippen molar-refractivity contribution in [3.63, 3.8) is 0 Å². The predicted molar refractivity (Wildman–Crippen MR) is 136 cm³/mol. The number of fused-ring (bicyclic) bond motifs is 2. The Kier molecular flexibility index (Phi) is 6.29. The monoisotopic (exact) mass is 508 g/mol. The molecule has 3 aromatic rings. The van der Waals surface area contributed by atoms with Crippen LogP contribution in [-0.2, 0) is 9.53 Å². The molecule has 0 unspecified atom stereocenters. The number of carbonyl (C=O) groups is 1. The third kappa shape index (κ3) is 4.19. The number of aromatic nitrogens is 1. The van der Waals surface area contributed by atoms with E-state index >= 15 is 0 Å². The highest BCUT2D eigenvalue weighted by atomic mass is 32.2. The van der Waals surface area contributed by atoms with Crippen LogP contribution < -0.4 is 24.4 Å². The number of allylic oxidation sites excluding steroid dienone is 1. The fraction of sp³-hybridized carbons (Fsp3) is 0.269. The van der Waals surface area contributed by atoms with Gasteiger partial charge in [0.05, 0.1) is 28.5 Å². The summed E-state index contributed by atoms with van der Waals surface area (Å²) in [6, 6.07) is 11.0. The maximum Gasteiger partial charge on any atom is 0.338 e. The van der Waals surface area contributed by atoms with Gasteiger partial charge in [-0.15, -0.1) is 11.8 Å². The molecular formula is C26H24N2O5S2. The van der Waals surface area contributed by atoms with Crippen LogP contribution in [0.5, 0.6) is 11.5 Å². The van der Waals surface area contributed by atoms with Gasteiger partial charge < -0.3 is 14.2 Å². The molecule has 1 aromatic heterocycles. The quantitative estimate of drug-likeness (QED) is 0.387. The van der Waals surface area contributed by atoms with E-state index < -0.39 is 12.0 Å². The van der Waals surface area contributed by atoms with Crippen molar-refractivity contribution in [3.8, 4) is 11.5 Å². The second-order valence-corrected chi connectivity index (χ2v) is 10.0. The van der Waals surface area contributed by atoms with Crippen LogP contribution in [0.15, 0.2) is 62.4 Å². The Morgan fingerprint density at radius 1 is 1.23 bits per heavy atom. The van der Waals surface area contributed by atoms with Crippen LogP contribution >= 0.6 is 23.1 Å². The second-order valence-electron chi connectivity index (χ2n) is 8.14. The summed E-state index contributed by atoms with van der Waals surface area (Å²) in [4.78, 5) is 33.0. The number of esters is 1. The maximum atomic E-state index is 13.7. The van der Waals surface area contributed by atoms with E-state index in [1.54, 1.807) is 30.2 Å². The number of nitrogens with zero attached hydrogens (tertiary/aromatic N) is 2. The van der Waals surface area contributed by atoms with Crippen molar-refractivity contribution >= 4 is 35.1 Å². The molecular weight excluding hydrogens is 484 g/mol. The Hall–Kier alpha value is -3.30. The van der Waals surface area contributed by atoms with E-state index in [9.17, 15) is 9.59 Å². The van der Waals surface area contributed by atoms with Crippen LogP contribution in [0.2, 0.25) is 0 Å². The first kappa shape index (κ1) is 23.4. The molecule has 0 aliphatic carbocycles. The van der Waals surface area contributed by atoms with E-state index in [-0.39, 0.29) is 19.0 Å². The Balaban J connectivity index is 1.70. The smallest absolute Gasteiger partial charge is 0.338 e. The summed E-state index contributed by atoms with van der Waals surface area (Å²) in [5.74, 6) is 0.889. The van der Waals surface area contributed by atoms with Crippen molar-refractivity contribution in [3.05, 3.63) is 84.0 Å². The largest absolute Gasteiger partial charge is 0.463 e. The number of hydrogen-bond donors (Lipinski definition) is 0. The fourth-order valence-electron chi connectivity index (χ4n) is 4.25. The van der Waals surface area contributed by atoms with Gasteiger partial charge in [-0.1, -0.05) is 23.5 Å². The van der Waals surface area contributed by atoms with Gasteiger partial charge in [0.15, 0.2) is 16.3 Å². The van der Waals surface area contributed by atoms with Gasteiger partial charge in [-0.2, -0.15) is 0 Å². The first-order valence-electron chi connectivity index (χ1n) is 11.1. The average molecular weight is 509 g/mol. The lowest BCUT2D eigenvalue weighted by atomic mass is 9.96. The number of hydrogen-bond acceptors (Lipinski definition) is 8. The normalized spacial score (nSPS) is 16.8. The standard InChI is InChI=1S/C26H24N2O5S2/c1-5-31-25(30)22-15(3)27-26-28(23(22)16-6-8-18(34-4)9-7-16)24(29)21(35-26)12-17-11-20-19(10-14(17)2)32-13-33-20/h6-12,23H,5,13H2,1-4H3/b21-12-/t23-/m0/s1. The molecule has 0 bridgehead atoms. The van der Waals surface area contributed by atoms with E-state index in [0.29, 0.717) is 32.1 Å². The Labute approximate surface area is 210 Å². The van der Waals surface area contributed by atoms with Gasteiger partial charge >= 0.3 is 5.97 Å². The third-order valence-electron chi connectivity index (χ3n) is 6.00. The van der Waals surface area contributed by atoms with E-state index in [1.807, 2.05) is 55.7 Å². The second kappa shape index (κ2) is 9.39. The number of rotatable bonds is 5. The van der Waals surface area contributed by atoms with Crippen LogP contribution in [0.1, 0.15) is 36.6 Å². The lowest BCUT2D eigenvalue weighted by molar-refractivity contribution is -0.139. The van der Waals surface area contributed by atoms with Crippen LogP contribution in [-0.4, -0.2) is 30.2 Å². The SMILES string of the molecule is CCOC(=O)C1=C(C)N=c2s/c(=C\c3cc4c(cc3C)OCO4)c(=O)n2[C@H]1c1ccc(SC)cc1.